The van der Waals surface area contributed by atoms with Gasteiger partial charge in [-0.05, 0) is 48.6 Å². The van der Waals surface area contributed by atoms with E-state index in [0.29, 0.717) is 50.6 Å². The number of benzene rings is 2. The van der Waals surface area contributed by atoms with Crippen molar-refractivity contribution in [2.24, 2.45) is 5.92 Å². The van der Waals surface area contributed by atoms with Gasteiger partial charge in [0.25, 0.3) is 5.91 Å². The minimum atomic E-state index is -0.927. The number of aliphatic carboxylic acids is 1. The zero-order valence-electron chi connectivity index (χ0n) is 23.1. The summed E-state index contributed by atoms with van der Waals surface area (Å²) in [7, 11) is 0. The fourth-order valence-corrected chi connectivity index (χ4v) is 6.08. The normalized spacial score (nSPS) is 21.6. The Kier molecular flexibility index (Phi) is 8.56. The number of carbonyl (C=O) groups is 3. The first-order valence-electron chi connectivity index (χ1n) is 14.1. The van der Waals surface area contributed by atoms with Gasteiger partial charge in [0.1, 0.15) is 0 Å². The molecule has 1 unspecified atom stereocenters. The van der Waals surface area contributed by atoms with Crippen LogP contribution >= 0.6 is 0 Å². The number of ether oxygens (including phenoxy) is 2. The summed E-state index contributed by atoms with van der Waals surface area (Å²) in [6.45, 7) is 5.77. The van der Waals surface area contributed by atoms with Crippen LogP contribution in [0.15, 0.2) is 42.5 Å². The predicted octanol–water partition coefficient (Wildman–Crippen LogP) is 3.44. The van der Waals surface area contributed by atoms with Gasteiger partial charge in [0, 0.05) is 37.3 Å². The van der Waals surface area contributed by atoms with Crippen molar-refractivity contribution in [3.63, 3.8) is 0 Å². The highest BCUT2D eigenvalue weighted by Gasteiger charge is 2.48. The van der Waals surface area contributed by atoms with E-state index in [-0.39, 0.29) is 31.1 Å². The van der Waals surface area contributed by atoms with Gasteiger partial charge in [-0.1, -0.05) is 38.1 Å². The van der Waals surface area contributed by atoms with Gasteiger partial charge in [-0.25, -0.2) is 5.06 Å². The van der Waals surface area contributed by atoms with Crippen molar-refractivity contribution < 1.29 is 33.8 Å². The third-order valence-electron chi connectivity index (χ3n) is 7.93. The largest absolute Gasteiger partial charge is 0.481 e. The Morgan fingerprint density at radius 3 is 2.67 bits per heavy atom. The maximum Gasteiger partial charge on any atom is 0.308 e. The number of fused-ring (bicyclic) bond motifs is 2. The summed E-state index contributed by atoms with van der Waals surface area (Å²) in [5, 5.41) is 11.9. The summed E-state index contributed by atoms with van der Waals surface area (Å²) < 4.78 is 11.0. The van der Waals surface area contributed by atoms with Crippen LogP contribution in [0.3, 0.4) is 0 Å². The molecule has 40 heavy (non-hydrogen) atoms. The van der Waals surface area contributed by atoms with E-state index in [2.05, 4.69) is 0 Å². The van der Waals surface area contributed by atoms with Gasteiger partial charge >= 0.3 is 5.97 Å². The molecular formula is C30H37N3O7. The SMILES string of the molecule is CCCON(CCC)C(=O)CN1C[C@H](c2ccc3c(c2)OCO3)C(C(=O)O)[C@@H]1CCN1C(=O)Cc2ccccc21. The van der Waals surface area contributed by atoms with Crippen LogP contribution in [0.2, 0.25) is 0 Å². The number of anilines is 1. The van der Waals surface area contributed by atoms with Gasteiger partial charge in [-0.15, -0.1) is 0 Å². The van der Waals surface area contributed by atoms with Crippen LogP contribution in [0, 0.1) is 5.92 Å². The van der Waals surface area contributed by atoms with Crippen molar-refractivity contribution in [2.75, 3.05) is 44.5 Å². The Bertz CT molecular complexity index is 1250. The molecule has 214 valence electrons. The third kappa shape index (κ3) is 5.64. The molecule has 2 aromatic rings. The minimum Gasteiger partial charge on any atom is -0.481 e. The summed E-state index contributed by atoms with van der Waals surface area (Å²) in [6.07, 6.45) is 2.27. The molecule has 0 saturated carbocycles. The maximum atomic E-state index is 13.4. The predicted molar refractivity (Wildman–Crippen MR) is 147 cm³/mol. The second kappa shape index (κ2) is 12.3. The van der Waals surface area contributed by atoms with Crippen molar-refractivity contribution in [3.8, 4) is 11.5 Å². The van der Waals surface area contributed by atoms with E-state index < -0.39 is 17.9 Å². The molecule has 3 aliphatic rings. The minimum absolute atomic E-state index is 0.00288. The average Bonchev–Trinajstić information content (AvgIpc) is 3.64. The number of carboxylic acids is 1. The molecule has 3 atom stereocenters. The highest BCUT2D eigenvalue weighted by molar-refractivity contribution is 6.01. The summed E-state index contributed by atoms with van der Waals surface area (Å²) in [5.41, 5.74) is 2.67. The van der Waals surface area contributed by atoms with Crippen molar-refractivity contribution in [1.82, 2.24) is 9.96 Å². The average molecular weight is 552 g/mol. The molecule has 0 spiro atoms. The molecule has 3 aliphatic heterocycles. The van der Waals surface area contributed by atoms with Crippen molar-refractivity contribution in [1.29, 1.82) is 0 Å². The molecule has 5 rings (SSSR count). The molecule has 1 N–H and O–H groups in total. The van der Waals surface area contributed by atoms with E-state index in [1.165, 1.54) is 5.06 Å². The molecule has 2 amide bonds. The van der Waals surface area contributed by atoms with Crippen molar-refractivity contribution in [2.45, 2.75) is 51.5 Å². The Labute approximate surface area is 234 Å². The summed E-state index contributed by atoms with van der Waals surface area (Å²) in [6, 6.07) is 12.8. The van der Waals surface area contributed by atoms with E-state index in [4.69, 9.17) is 14.3 Å². The lowest BCUT2D eigenvalue weighted by Crippen LogP contribution is -2.45. The summed E-state index contributed by atoms with van der Waals surface area (Å²) in [5.74, 6) is -1.05. The van der Waals surface area contributed by atoms with Crippen LogP contribution in [0.4, 0.5) is 5.69 Å². The van der Waals surface area contributed by atoms with Crippen LogP contribution in [0.25, 0.3) is 0 Å². The molecular weight excluding hydrogens is 514 g/mol. The number of para-hydroxylation sites is 1. The lowest BCUT2D eigenvalue weighted by Gasteiger charge is -2.30. The van der Waals surface area contributed by atoms with Crippen LogP contribution in [-0.2, 0) is 25.6 Å². The standard InChI is InChI=1S/C30H37N3O7/c1-3-12-33(40-14-4-2)28(35)18-31-17-22(20-9-10-25-26(15-20)39-19-38-25)29(30(36)37)24(31)11-13-32-23-8-6-5-7-21(23)16-27(32)34/h5-10,15,22,24,29H,3-4,11-14,16-19H2,1-2H3,(H,36,37)/t22-,24+,29?/m1/s1. The van der Waals surface area contributed by atoms with Crippen LogP contribution < -0.4 is 14.4 Å². The number of hydrogen-bond donors (Lipinski definition) is 1. The molecule has 1 fully saturated rings. The maximum absolute atomic E-state index is 13.4. The quantitative estimate of drug-likeness (QED) is 0.400. The third-order valence-corrected chi connectivity index (χ3v) is 7.93. The molecule has 2 aromatic carbocycles. The highest BCUT2D eigenvalue weighted by Crippen LogP contribution is 2.43. The topological polar surface area (TPSA) is 109 Å². The second-order valence-electron chi connectivity index (χ2n) is 10.5. The zero-order valence-corrected chi connectivity index (χ0v) is 23.1. The van der Waals surface area contributed by atoms with Gasteiger partial charge in [0.2, 0.25) is 12.7 Å². The highest BCUT2D eigenvalue weighted by atomic mass is 16.7. The second-order valence-corrected chi connectivity index (χ2v) is 10.5. The molecule has 0 radical (unpaired) electrons. The van der Waals surface area contributed by atoms with Crippen molar-refractivity contribution in [3.05, 3.63) is 53.6 Å². The number of likely N-dealkylation sites (tertiary alicyclic amines) is 1. The van der Waals surface area contributed by atoms with Crippen LogP contribution in [0.5, 0.6) is 11.5 Å². The smallest absolute Gasteiger partial charge is 0.308 e. The number of nitrogens with zero attached hydrogens (tertiary/aromatic N) is 3. The summed E-state index contributed by atoms with van der Waals surface area (Å²) >= 11 is 0. The number of carbonyl (C=O) groups excluding carboxylic acids is 2. The molecule has 0 bridgehead atoms. The Morgan fingerprint density at radius 2 is 1.90 bits per heavy atom. The first-order chi connectivity index (χ1) is 19.4. The molecule has 3 heterocycles. The monoisotopic (exact) mass is 551 g/mol. The van der Waals surface area contributed by atoms with Crippen LogP contribution in [-0.4, -0.2) is 78.5 Å². The number of amides is 2. The van der Waals surface area contributed by atoms with Gasteiger partial charge in [0.05, 0.1) is 25.5 Å². The van der Waals surface area contributed by atoms with Gasteiger partial charge in [0.15, 0.2) is 11.5 Å². The fourth-order valence-electron chi connectivity index (χ4n) is 6.08. The van der Waals surface area contributed by atoms with Gasteiger partial charge in [-0.2, -0.15) is 0 Å². The zero-order chi connectivity index (χ0) is 28.2. The van der Waals surface area contributed by atoms with Gasteiger partial charge in [-0.3, -0.25) is 24.1 Å². The van der Waals surface area contributed by atoms with E-state index in [9.17, 15) is 19.5 Å². The Hall–Kier alpha value is -3.63. The molecule has 10 heteroatoms. The lowest BCUT2D eigenvalue weighted by atomic mass is 9.84. The first kappa shape index (κ1) is 27.9. The van der Waals surface area contributed by atoms with Crippen LogP contribution in [0.1, 0.15) is 50.2 Å². The Balaban J connectivity index is 1.42. The summed E-state index contributed by atoms with van der Waals surface area (Å²) in [4.78, 5) is 48.5. The van der Waals surface area contributed by atoms with Crippen molar-refractivity contribution >= 4 is 23.5 Å². The van der Waals surface area contributed by atoms with Gasteiger partial charge < -0.3 is 19.5 Å². The Morgan fingerprint density at radius 1 is 1.10 bits per heavy atom. The molecule has 0 aliphatic carbocycles. The number of hydrogen-bond acceptors (Lipinski definition) is 7. The first-order valence-corrected chi connectivity index (χ1v) is 14.1. The molecule has 10 nitrogen and oxygen atoms in total. The van der Waals surface area contributed by atoms with E-state index in [0.717, 1.165) is 29.7 Å². The molecule has 0 aromatic heterocycles. The number of carboxylic acid groups (broad SMARTS) is 1. The van der Waals surface area contributed by atoms with E-state index in [1.54, 1.807) is 11.0 Å². The van der Waals surface area contributed by atoms with E-state index >= 15 is 0 Å². The number of hydroxylamine groups is 2. The lowest BCUT2D eigenvalue weighted by molar-refractivity contribution is -0.188. The molecule has 1 saturated heterocycles. The fraction of sp³-hybridized carbons (Fsp3) is 0.500. The van der Waals surface area contributed by atoms with E-state index in [1.807, 2.05) is 55.1 Å². The number of rotatable bonds is 12.